The number of nitrogens with zero attached hydrogens (tertiary/aromatic N) is 1. The van der Waals surface area contributed by atoms with Crippen molar-refractivity contribution in [2.75, 3.05) is 20.6 Å². The van der Waals surface area contributed by atoms with Crippen LogP contribution in [0.25, 0.3) is 16.8 Å². The van der Waals surface area contributed by atoms with E-state index in [1.165, 1.54) is 0 Å². The highest BCUT2D eigenvalue weighted by Crippen LogP contribution is 2.21. The molecule has 3 aromatic rings. The summed E-state index contributed by atoms with van der Waals surface area (Å²) in [6, 6.07) is 21.7. The number of hydrogen-bond donors (Lipinski definition) is 2. The summed E-state index contributed by atoms with van der Waals surface area (Å²) in [6.45, 7) is 2.88. The molecule has 0 aromatic heterocycles. The molecule has 0 saturated heterocycles. The van der Waals surface area contributed by atoms with E-state index < -0.39 is 9.52 Å². The molecule has 4 nitrogen and oxygen atoms in total. The molecular weight excluding hydrogens is 388 g/mol. The van der Waals surface area contributed by atoms with Crippen molar-refractivity contribution < 1.29 is 9.90 Å². The summed E-state index contributed by atoms with van der Waals surface area (Å²) in [4.78, 5) is 14.8. The molecule has 0 saturated carbocycles. The molecule has 0 fully saturated rings. The van der Waals surface area contributed by atoms with E-state index in [1.807, 2.05) is 42.5 Å². The van der Waals surface area contributed by atoms with Gasteiger partial charge in [-0.25, -0.2) is 0 Å². The number of hydrogen-bond acceptors (Lipinski definition) is 3. The van der Waals surface area contributed by atoms with Crippen molar-refractivity contribution in [3.63, 3.8) is 0 Å². The van der Waals surface area contributed by atoms with Gasteiger partial charge in [0, 0.05) is 27.3 Å². The molecule has 0 heterocycles. The number of nitrogens with one attached hydrogen (secondary N) is 1. The number of benzene rings is 3. The van der Waals surface area contributed by atoms with Crippen molar-refractivity contribution in [3.8, 4) is 5.75 Å². The molecule has 156 valence electrons. The fourth-order valence-electron chi connectivity index (χ4n) is 3.81. The topological polar surface area (TPSA) is 52.6 Å². The third-order valence-corrected chi connectivity index (χ3v) is 8.35. The molecule has 3 aromatic carbocycles. The molecule has 2 N–H and O–H groups in total. The molecule has 0 unspecified atom stereocenters. The molecular formula is C25H30N2O2Si. The second-order valence-corrected chi connectivity index (χ2v) is 9.96. The zero-order chi connectivity index (χ0) is 21.6. The normalized spacial score (nSPS) is 14.0. The van der Waals surface area contributed by atoms with E-state index in [0.29, 0.717) is 6.54 Å². The summed E-state index contributed by atoms with van der Waals surface area (Å²) in [5.74, 6) is 0.192. The number of aromatic hydroxyl groups is 1. The van der Waals surface area contributed by atoms with E-state index in [0.717, 1.165) is 28.3 Å². The Morgan fingerprint density at radius 1 is 1.07 bits per heavy atom. The Kier molecular flexibility index (Phi) is 7.08. The fourth-order valence-corrected chi connectivity index (χ4v) is 5.36. The largest absolute Gasteiger partial charge is 0.508 e. The summed E-state index contributed by atoms with van der Waals surface area (Å²) in [6.07, 6.45) is 4.36. The van der Waals surface area contributed by atoms with Gasteiger partial charge in [0.1, 0.15) is 5.75 Å². The van der Waals surface area contributed by atoms with Crippen molar-refractivity contribution in [1.82, 2.24) is 10.2 Å². The third-order valence-electron chi connectivity index (χ3n) is 5.91. The Morgan fingerprint density at radius 3 is 2.47 bits per heavy atom. The molecule has 3 rings (SSSR count). The van der Waals surface area contributed by atoms with Crippen molar-refractivity contribution in [1.29, 1.82) is 0 Å². The number of phenolic OH excluding ortho intramolecular Hbond substituents is 1. The van der Waals surface area contributed by atoms with Gasteiger partial charge in [-0.2, -0.15) is 0 Å². The van der Waals surface area contributed by atoms with Gasteiger partial charge in [0.15, 0.2) is 0 Å². The first kappa shape index (κ1) is 21.8. The van der Waals surface area contributed by atoms with Crippen LogP contribution in [0.4, 0.5) is 0 Å². The van der Waals surface area contributed by atoms with E-state index in [2.05, 4.69) is 49.1 Å². The van der Waals surface area contributed by atoms with Gasteiger partial charge in [0.2, 0.25) is 5.91 Å². The first-order valence-electron chi connectivity index (χ1n) is 10.3. The van der Waals surface area contributed by atoms with Gasteiger partial charge in [-0.1, -0.05) is 61.1 Å². The summed E-state index contributed by atoms with van der Waals surface area (Å²) in [5.41, 5.74) is 2.20. The van der Waals surface area contributed by atoms with E-state index in [-0.39, 0.29) is 16.8 Å². The Morgan fingerprint density at radius 2 is 1.77 bits per heavy atom. The van der Waals surface area contributed by atoms with Crippen LogP contribution in [0, 0.1) is 0 Å². The fraction of sp³-hybridized carbons (Fsp3) is 0.240. The summed E-state index contributed by atoms with van der Waals surface area (Å²) in [7, 11) is 3.67. The SMILES string of the molecule is C[SiH2][C@](CNC(=O)/C=C/c1cccc2ccccc12)(Cc1ccc(O)cc1)N(C)C. The Bertz CT molecular complexity index is 1030. The highest BCUT2D eigenvalue weighted by Gasteiger charge is 2.31. The number of carbonyl (C=O) groups excluding carboxylic acids is 1. The van der Waals surface area contributed by atoms with Crippen LogP contribution in [0.1, 0.15) is 11.1 Å². The van der Waals surface area contributed by atoms with Crippen LogP contribution in [0.15, 0.2) is 72.8 Å². The predicted molar refractivity (Wildman–Crippen MR) is 129 cm³/mol. The average Bonchev–Trinajstić information content (AvgIpc) is 2.76. The van der Waals surface area contributed by atoms with Crippen LogP contribution in [0.3, 0.4) is 0 Å². The van der Waals surface area contributed by atoms with Crippen molar-refractivity contribution >= 4 is 32.3 Å². The number of fused-ring (bicyclic) bond motifs is 1. The lowest BCUT2D eigenvalue weighted by Crippen LogP contribution is -2.57. The number of amides is 1. The van der Waals surface area contributed by atoms with E-state index in [1.54, 1.807) is 18.2 Å². The highest BCUT2D eigenvalue weighted by atomic mass is 28.2. The molecule has 0 radical (unpaired) electrons. The molecule has 0 spiro atoms. The summed E-state index contributed by atoms with van der Waals surface area (Å²) >= 11 is 0. The van der Waals surface area contributed by atoms with Crippen LogP contribution in [-0.4, -0.2) is 51.2 Å². The van der Waals surface area contributed by atoms with Crippen molar-refractivity contribution in [2.45, 2.75) is 18.1 Å². The minimum atomic E-state index is -0.491. The first-order chi connectivity index (χ1) is 14.4. The minimum Gasteiger partial charge on any atom is -0.508 e. The number of carbonyl (C=O) groups is 1. The Balaban J connectivity index is 1.71. The minimum absolute atomic E-state index is 0.0695. The van der Waals surface area contributed by atoms with Crippen LogP contribution >= 0.6 is 0 Å². The summed E-state index contributed by atoms with van der Waals surface area (Å²) in [5, 5.41) is 14.9. The first-order valence-corrected chi connectivity index (χ1v) is 12.4. The second-order valence-electron chi connectivity index (χ2n) is 7.94. The number of likely N-dealkylation sites (N-methyl/N-ethyl adjacent to an activating group) is 1. The predicted octanol–water partition coefficient (Wildman–Crippen LogP) is 3.39. The number of rotatable bonds is 8. The molecule has 5 heteroatoms. The average molecular weight is 419 g/mol. The molecule has 30 heavy (non-hydrogen) atoms. The maximum atomic E-state index is 12.6. The maximum absolute atomic E-state index is 12.6. The van der Waals surface area contributed by atoms with Gasteiger partial charge < -0.3 is 15.3 Å². The van der Waals surface area contributed by atoms with Crippen LogP contribution in [-0.2, 0) is 11.2 Å². The Labute approximate surface area is 181 Å². The molecule has 1 atom stereocenters. The zero-order valence-electron chi connectivity index (χ0n) is 17.9. The highest BCUT2D eigenvalue weighted by molar-refractivity contribution is 6.38. The number of phenols is 1. The Hall–Kier alpha value is -2.89. The van der Waals surface area contributed by atoms with Gasteiger partial charge in [-0.15, -0.1) is 0 Å². The maximum Gasteiger partial charge on any atom is 0.244 e. The van der Waals surface area contributed by atoms with Crippen LogP contribution in [0.2, 0.25) is 6.55 Å². The lowest BCUT2D eigenvalue weighted by atomic mass is 10.0. The molecule has 0 aliphatic heterocycles. The van der Waals surface area contributed by atoms with Gasteiger partial charge in [0.05, 0.1) is 0 Å². The molecule has 0 aliphatic rings. The van der Waals surface area contributed by atoms with Gasteiger partial charge in [0.25, 0.3) is 0 Å². The zero-order valence-corrected chi connectivity index (χ0v) is 19.3. The van der Waals surface area contributed by atoms with E-state index in [9.17, 15) is 9.90 Å². The standard InChI is InChI=1S/C25H30N2O2Si/c1-27(2)25(30-3,17-19-11-14-22(28)15-12-19)18-26-24(29)16-13-21-9-6-8-20-7-4-5-10-23(20)21/h4-16,28H,17-18,30H2,1-3H3,(H,26,29)/b16-13+/t25-/m0/s1. The van der Waals surface area contributed by atoms with Crippen molar-refractivity contribution in [2.24, 2.45) is 0 Å². The van der Waals surface area contributed by atoms with Crippen LogP contribution < -0.4 is 5.32 Å². The monoisotopic (exact) mass is 418 g/mol. The smallest absolute Gasteiger partial charge is 0.244 e. The van der Waals surface area contributed by atoms with Crippen molar-refractivity contribution in [3.05, 3.63) is 83.9 Å². The second kappa shape index (κ2) is 9.74. The van der Waals surface area contributed by atoms with Gasteiger partial charge in [-0.3, -0.25) is 4.79 Å². The third kappa shape index (κ3) is 5.17. The lowest BCUT2D eigenvalue weighted by molar-refractivity contribution is -0.116. The quantitative estimate of drug-likeness (QED) is 0.436. The lowest BCUT2D eigenvalue weighted by Gasteiger charge is -2.39. The van der Waals surface area contributed by atoms with Gasteiger partial charge in [-0.05, 0) is 60.6 Å². The van der Waals surface area contributed by atoms with Crippen LogP contribution in [0.5, 0.6) is 5.75 Å². The molecule has 1 amide bonds. The van der Waals surface area contributed by atoms with E-state index in [4.69, 9.17) is 0 Å². The van der Waals surface area contributed by atoms with Gasteiger partial charge >= 0.3 is 0 Å². The summed E-state index contributed by atoms with van der Waals surface area (Å²) < 4.78 is 0. The van der Waals surface area contributed by atoms with E-state index >= 15 is 0 Å². The molecule has 0 bridgehead atoms. The molecule has 0 aliphatic carbocycles.